The summed E-state index contributed by atoms with van der Waals surface area (Å²) in [6, 6.07) is 25.6. The number of fused-ring (bicyclic) bond motifs is 3. The van der Waals surface area contributed by atoms with Crippen LogP contribution in [0, 0.1) is 0 Å². The number of aliphatic hydroxyl groups excluding tert-OH is 1. The van der Waals surface area contributed by atoms with Gasteiger partial charge in [-0.25, -0.2) is 0 Å². The minimum Gasteiger partial charge on any atom is -0.513 e. The minimum atomic E-state index is -0.253. The molecule has 1 N–H and O–H groups in total. The second-order valence-corrected chi connectivity index (χ2v) is 7.77. The zero-order valence-electron chi connectivity index (χ0n) is 13.2. The molecule has 0 fully saturated rings. The third-order valence-corrected chi connectivity index (χ3v) is 6.41. The highest BCUT2D eigenvalue weighted by Gasteiger charge is 2.43. The van der Waals surface area contributed by atoms with Gasteiger partial charge in [0.1, 0.15) is 0 Å². The molecule has 4 rings (SSSR count). The Bertz CT molecular complexity index is 896. The molecule has 2 heteroatoms. The molecule has 0 unspecified atom stereocenters. The zero-order valence-corrected chi connectivity index (χ0v) is 15.3. The van der Waals surface area contributed by atoms with E-state index in [1.807, 2.05) is 6.07 Å². The van der Waals surface area contributed by atoms with Crippen molar-refractivity contribution in [2.75, 3.05) is 0 Å². The lowest BCUT2D eigenvalue weighted by Crippen LogP contribution is -2.20. The molecule has 1 aliphatic carbocycles. The summed E-state index contributed by atoms with van der Waals surface area (Å²) < 4.78 is -0.253. The summed E-state index contributed by atoms with van der Waals surface area (Å²) in [6.45, 7) is 3.68. The standard InChI is InChI=1S/C22H17IO/c1-15(24)14-16-8-2-5-11-19(16)22(23)20-12-6-3-9-17(20)18-10-4-7-13-21(18)22/h2-13,24H,1,14H2. The Morgan fingerprint density at radius 2 is 1.25 bits per heavy atom. The summed E-state index contributed by atoms with van der Waals surface area (Å²) in [4.78, 5) is 0. The molecule has 24 heavy (non-hydrogen) atoms. The van der Waals surface area contributed by atoms with Crippen LogP contribution < -0.4 is 0 Å². The Kier molecular flexibility index (Phi) is 3.72. The van der Waals surface area contributed by atoms with Gasteiger partial charge < -0.3 is 5.11 Å². The van der Waals surface area contributed by atoms with Crippen LogP contribution in [-0.2, 0) is 9.84 Å². The number of benzene rings is 3. The van der Waals surface area contributed by atoms with E-state index < -0.39 is 0 Å². The van der Waals surface area contributed by atoms with Crippen molar-refractivity contribution in [3.8, 4) is 11.1 Å². The maximum Gasteiger partial charge on any atom is 0.0983 e. The summed E-state index contributed by atoms with van der Waals surface area (Å²) in [5.41, 5.74) is 7.54. The van der Waals surface area contributed by atoms with Crippen LogP contribution in [0.1, 0.15) is 22.3 Å². The highest BCUT2D eigenvalue weighted by Crippen LogP contribution is 2.57. The largest absolute Gasteiger partial charge is 0.513 e. The summed E-state index contributed by atoms with van der Waals surface area (Å²) in [5, 5.41) is 9.75. The number of hydrogen-bond donors (Lipinski definition) is 1. The zero-order chi connectivity index (χ0) is 16.7. The van der Waals surface area contributed by atoms with Gasteiger partial charge in [-0.1, -0.05) is 102 Å². The number of allylic oxidation sites excluding steroid dienone is 1. The third-order valence-electron chi connectivity index (χ3n) is 4.67. The first-order chi connectivity index (χ1) is 11.6. The van der Waals surface area contributed by atoms with Gasteiger partial charge in [-0.3, -0.25) is 0 Å². The highest BCUT2D eigenvalue weighted by atomic mass is 127. The van der Waals surface area contributed by atoms with Gasteiger partial charge in [0.25, 0.3) is 0 Å². The van der Waals surface area contributed by atoms with Crippen molar-refractivity contribution in [2.45, 2.75) is 9.84 Å². The topological polar surface area (TPSA) is 20.2 Å². The molecule has 1 nitrogen and oxygen atoms in total. The van der Waals surface area contributed by atoms with Gasteiger partial charge in [0.15, 0.2) is 0 Å². The van der Waals surface area contributed by atoms with Gasteiger partial charge >= 0.3 is 0 Å². The number of hydrogen-bond acceptors (Lipinski definition) is 1. The Hall–Kier alpha value is -2.07. The van der Waals surface area contributed by atoms with E-state index in [4.69, 9.17) is 0 Å². The van der Waals surface area contributed by atoms with E-state index in [0.717, 1.165) is 5.56 Å². The predicted molar refractivity (Wildman–Crippen MR) is 108 cm³/mol. The fraction of sp³-hybridized carbons (Fsp3) is 0.0909. The van der Waals surface area contributed by atoms with E-state index in [0.29, 0.717) is 6.42 Å². The molecule has 0 spiro atoms. The lowest BCUT2D eigenvalue weighted by Gasteiger charge is -2.28. The van der Waals surface area contributed by atoms with Crippen LogP contribution in [0.15, 0.2) is 85.1 Å². The molecule has 0 saturated carbocycles. The fourth-order valence-electron chi connectivity index (χ4n) is 3.70. The van der Waals surface area contributed by atoms with E-state index >= 15 is 0 Å². The quantitative estimate of drug-likeness (QED) is 0.310. The number of halogens is 1. The molecule has 0 aromatic heterocycles. The van der Waals surface area contributed by atoms with Crippen molar-refractivity contribution in [3.05, 3.63) is 107 Å². The number of alkyl halides is 1. The van der Waals surface area contributed by atoms with Gasteiger partial charge in [-0.2, -0.15) is 0 Å². The van der Waals surface area contributed by atoms with Crippen LogP contribution in [0.2, 0.25) is 0 Å². The van der Waals surface area contributed by atoms with Crippen LogP contribution in [0.3, 0.4) is 0 Å². The lowest BCUT2D eigenvalue weighted by atomic mass is 9.85. The Balaban J connectivity index is 2.03. The summed E-state index contributed by atoms with van der Waals surface area (Å²) in [5.74, 6) is 0.196. The molecular weight excluding hydrogens is 407 g/mol. The Labute approximate surface area is 155 Å². The van der Waals surface area contributed by atoms with Crippen LogP contribution in [0.5, 0.6) is 0 Å². The minimum absolute atomic E-state index is 0.196. The third kappa shape index (κ3) is 2.20. The van der Waals surface area contributed by atoms with Crippen molar-refractivity contribution in [3.63, 3.8) is 0 Å². The Morgan fingerprint density at radius 3 is 1.79 bits per heavy atom. The maximum absolute atomic E-state index is 9.75. The molecule has 0 bridgehead atoms. The van der Waals surface area contributed by atoms with Gasteiger partial charge in [0.05, 0.1) is 9.18 Å². The molecule has 3 aromatic carbocycles. The van der Waals surface area contributed by atoms with Gasteiger partial charge in [0.2, 0.25) is 0 Å². The summed E-state index contributed by atoms with van der Waals surface area (Å²) in [6.07, 6.45) is 0.477. The molecule has 0 aliphatic heterocycles. The number of rotatable bonds is 3. The van der Waals surface area contributed by atoms with Gasteiger partial charge in [0, 0.05) is 6.42 Å². The van der Waals surface area contributed by atoms with E-state index in [-0.39, 0.29) is 9.18 Å². The summed E-state index contributed by atoms with van der Waals surface area (Å²) >= 11 is 2.58. The van der Waals surface area contributed by atoms with E-state index in [1.165, 1.54) is 27.8 Å². The predicted octanol–water partition coefficient (Wildman–Crippen LogP) is 6.01. The van der Waals surface area contributed by atoms with Gasteiger partial charge in [-0.15, -0.1) is 0 Å². The van der Waals surface area contributed by atoms with E-state index in [2.05, 4.69) is 95.9 Å². The Morgan fingerprint density at radius 1 is 0.792 bits per heavy atom. The molecule has 3 aromatic rings. The summed E-state index contributed by atoms with van der Waals surface area (Å²) in [7, 11) is 0. The molecule has 1 aliphatic rings. The SMILES string of the molecule is C=C(O)Cc1ccccc1C1(I)c2ccccc2-c2ccccc21. The van der Waals surface area contributed by atoms with Crippen molar-refractivity contribution in [2.24, 2.45) is 0 Å². The molecule has 0 heterocycles. The van der Waals surface area contributed by atoms with E-state index in [1.54, 1.807) is 0 Å². The monoisotopic (exact) mass is 424 g/mol. The fourth-order valence-corrected chi connectivity index (χ4v) is 5.17. The molecule has 0 amide bonds. The molecule has 0 saturated heterocycles. The van der Waals surface area contributed by atoms with Crippen LogP contribution in [0.4, 0.5) is 0 Å². The maximum atomic E-state index is 9.75. The van der Waals surface area contributed by atoms with Crippen molar-refractivity contribution in [1.29, 1.82) is 0 Å². The average molecular weight is 424 g/mol. The highest BCUT2D eigenvalue weighted by molar-refractivity contribution is 14.1. The van der Waals surface area contributed by atoms with Crippen LogP contribution in [0.25, 0.3) is 11.1 Å². The van der Waals surface area contributed by atoms with Crippen molar-refractivity contribution < 1.29 is 5.11 Å². The normalized spacial score (nSPS) is 14.0. The van der Waals surface area contributed by atoms with Crippen LogP contribution in [-0.4, -0.2) is 5.11 Å². The smallest absolute Gasteiger partial charge is 0.0983 e. The molecule has 118 valence electrons. The van der Waals surface area contributed by atoms with Crippen molar-refractivity contribution >= 4 is 22.6 Å². The second kappa shape index (κ2) is 5.78. The first-order valence-electron chi connectivity index (χ1n) is 7.96. The van der Waals surface area contributed by atoms with E-state index in [9.17, 15) is 5.11 Å². The molecule has 0 atom stereocenters. The van der Waals surface area contributed by atoms with Crippen molar-refractivity contribution in [1.82, 2.24) is 0 Å². The molecule has 0 radical (unpaired) electrons. The lowest BCUT2D eigenvalue weighted by molar-refractivity contribution is 0.401. The first kappa shape index (κ1) is 15.5. The number of aliphatic hydroxyl groups is 1. The second-order valence-electron chi connectivity index (χ2n) is 6.15. The average Bonchev–Trinajstić information content (AvgIpc) is 2.86. The van der Waals surface area contributed by atoms with Crippen LogP contribution >= 0.6 is 22.6 Å². The van der Waals surface area contributed by atoms with Gasteiger partial charge in [-0.05, 0) is 33.4 Å². The molecular formula is C22H17IO. The first-order valence-corrected chi connectivity index (χ1v) is 9.03.